The SMILES string of the molecule is FC(F)(F)c1cnc(C[n+]2ccc3ccccc3c2)c(Cl)c1.[Br-]. The summed E-state index contributed by atoms with van der Waals surface area (Å²) in [6.07, 6.45) is 0.122. The molecule has 3 rings (SSSR count). The monoisotopic (exact) mass is 402 g/mol. The van der Waals surface area contributed by atoms with Crippen LogP contribution in [0.4, 0.5) is 13.2 Å². The summed E-state index contributed by atoms with van der Waals surface area (Å²) in [4.78, 5) is 3.85. The zero-order chi connectivity index (χ0) is 15.7. The van der Waals surface area contributed by atoms with E-state index < -0.39 is 11.7 Å². The van der Waals surface area contributed by atoms with Gasteiger partial charge in [0.05, 0.1) is 10.6 Å². The van der Waals surface area contributed by atoms with E-state index in [9.17, 15) is 13.2 Å². The quantitative estimate of drug-likeness (QED) is 0.589. The highest BCUT2D eigenvalue weighted by Gasteiger charge is 2.31. The summed E-state index contributed by atoms with van der Waals surface area (Å²) in [5.74, 6) is 0. The van der Waals surface area contributed by atoms with Crippen LogP contribution in [0.5, 0.6) is 0 Å². The first-order valence-corrected chi connectivity index (χ1v) is 6.91. The predicted octanol–water partition coefficient (Wildman–Crippen LogP) is 1.25. The molecule has 0 fully saturated rings. The van der Waals surface area contributed by atoms with Crippen LogP contribution in [0.15, 0.2) is 55.0 Å². The van der Waals surface area contributed by atoms with Gasteiger partial charge in [0.15, 0.2) is 18.9 Å². The van der Waals surface area contributed by atoms with Gasteiger partial charge in [-0.15, -0.1) is 0 Å². The van der Waals surface area contributed by atoms with Crippen LogP contribution in [-0.2, 0) is 12.7 Å². The minimum absolute atomic E-state index is 0. The van der Waals surface area contributed by atoms with Gasteiger partial charge in [0.2, 0.25) is 0 Å². The number of nitrogens with zero attached hydrogens (tertiary/aromatic N) is 2. The topological polar surface area (TPSA) is 16.8 Å². The second-order valence-electron chi connectivity index (χ2n) is 4.90. The smallest absolute Gasteiger partial charge is 0.417 e. The summed E-state index contributed by atoms with van der Waals surface area (Å²) < 4.78 is 39.6. The van der Waals surface area contributed by atoms with Crippen LogP contribution in [0, 0.1) is 0 Å². The lowest BCUT2D eigenvalue weighted by Gasteiger charge is -2.07. The van der Waals surface area contributed by atoms with Crippen molar-refractivity contribution < 1.29 is 34.7 Å². The highest BCUT2D eigenvalue weighted by Crippen LogP contribution is 2.30. The molecule has 0 aliphatic rings. The zero-order valence-electron chi connectivity index (χ0n) is 11.7. The van der Waals surface area contributed by atoms with Gasteiger partial charge >= 0.3 is 6.18 Å². The van der Waals surface area contributed by atoms with E-state index in [4.69, 9.17) is 11.6 Å². The second kappa shape index (κ2) is 6.84. The molecule has 0 atom stereocenters. The van der Waals surface area contributed by atoms with Crippen LogP contribution in [0.25, 0.3) is 10.8 Å². The molecule has 0 unspecified atom stereocenters. The Morgan fingerprint density at radius 2 is 1.78 bits per heavy atom. The van der Waals surface area contributed by atoms with Gasteiger partial charge < -0.3 is 17.0 Å². The minimum Gasteiger partial charge on any atom is -1.00 e. The first kappa shape index (κ1) is 17.7. The molecule has 0 N–H and O–H groups in total. The molecule has 0 spiro atoms. The molecule has 23 heavy (non-hydrogen) atoms. The van der Waals surface area contributed by atoms with E-state index in [1.807, 2.05) is 47.3 Å². The van der Waals surface area contributed by atoms with Crippen molar-refractivity contribution in [2.24, 2.45) is 0 Å². The number of pyridine rings is 2. The predicted molar refractivity (Wildman–Crippen MR) is 77.5 cm³/mol. The third-order valence-corrected chi connectivity index (χ3v) is 3.65. The molecule has 0 aliphatic carbocycles. The molecular weight excluding hydrogens is 393 g/mol. The molecule has 120 valence electrons. The van der Waals surface area contributed by atoms with Crippen molar-refractivity contribution in [3.63, 3.8) is 0 Å². The number of rotatable bonds is 2. The number of benzene rings is 1. The van der Waals surface area contributed by atoms with Gasteiger partial charge in [-0.3, -0.25) is 4.98 Å². The largest absolute Gasteiger partial charge is 1.00 e. The van der Waals surface area contributed by atoms with Crippen LogP contribution < -0.4 is 21.5 Å². The van der Waals surface area contributed by atoms with Crippen molar-refractivity contribution in [2.45, 2.75) is 12.7 Å². The maximum atomic E-state index is 12.6. The summed E-state index contributed by atoms with van der Waals surface area (Å²) >= 11 is 5.93. The van der Waals surface area contributed by atoms with Crippen molar-refractivity contribution in [3.8, 4) is 0 Å². The Balaban J connectivity index is 0.00000192. The van der Waals surface area contributed by atoms with Crippen LogP contribution in [-0.4, -0.2) is 4.98 Å². The third kappa shape index (κ3) is 4.00. The lowest BCUT2D eigenvalue weighted by molar-refractivity contribution is -0.687. The van der Waals surface area contributed by atoms with Crippen molar-refractivity contribution in [1.82, 2.24) is 4.98 Å². The van der Waals surface area contributed by atoms with Crippen molar-refractivity contribution >= 4 is 22.4 Å². The molecule has 2 aromatic heterocycles. The molecule has 0 saturated heterocycles. The average Bonchev–Trinajstić information content (AvgIpc) is 2.48. The van der Waals surface area contributed by atoms with Gasteiger partial charge in [-0.05, 0) is 17.5 Å². The summed E-state index contributed by atoms with van der Waals surface area (Å²) in [5, 5.41) is 2.13. The fraction of sp³-hybridized carbons (Fsp3) is 0.125. The van der Waals surface area contributed by atoms with Gasteiger partial charge in [-0.2, -0.15) is 17.7 Å². The molecule has 0 radical (unpaired) electrons. The number of halogens is 5. The van der Waals surface area contributed by atoms with Crippen molar-refractivity contribution in [1.29, 1.82) is 0 Å². The molecule has 0 aliphatic heterocycles. The fourth-order valence-electron chi connectivity index (χ4n) is 2.19. The van der Waals surface area contributed by atoms with Gasteiger partial charge in [0, 0.05) is 17.6 Å². The molecule has 0 saturated carbocycles. The standard InChI is InChI=1S/C16H11ClF3N2.BrH/c17-14-7-13(16(18,19)20)8-21-15(14)10-22-6-5-11-3-1-2-4-12(11)9-22;/h1-9H,10H2;1H/q+1;/p-1. The number of alkyl halides is 3. The summed E-state index contributed by atoms with van der Waals surface area (Å²) in [6, 6.07) is 10.7. The lowest BCUT2D eigenvalue weighted by atomic mass is 10.2. The highest BCUT2D eigenvalue weighted by atomic mass is 79.9. The lowest BCUT2D eigenvalue weighted by Crippen LogP contribution is -3.00. The van der Waals surface area contributed by atoms with E-state index in [1.54, 1.807) is 0 Å². The van der Waals surface area contributed by atoms with Crippen LogP contribution >= 0.6 is 11.6 Å². The normalized spacial score (nSPS) is 11.3. The number of aromatic nitrogens is 2. The van der Waals surface area contributed by atoms with Crippen molar-refractivity contribution in [3.05, 3.63) is 71.3 Å². The summed E-state index contributed by atoms with van der Waals surface area (Å²) in [6.45, 7) is 0.307. The first-order chi connectivity index (χ1) is 10.4. The molecule has 1 aromatic carbocycles. The fourth-order valence-corrected chi connectivity index (χ4v) is 2.41. The maximum absolute atomic E-state index is 12.6. The average molecular weight is 404 g/mol. The van der Waals surface area contributed by atoms with E-state index in [0.29, 0.717) is 12.2 Å². The maximum Gasteiger partial charge on any atom is 0.417 e. The first-order valence-electron chi connectivity index (χ1n) is 6.53. The Labute approximate surface area is 146 Å². The Morgan fingerprint density at radius 1 is 1.09 bits per heavy atom. The third-order valence-electron chi connectivity index (χ3n) is 3.32. The number of hydrogen-bond acceptors (Lipinski definition) is 1. The second-order valence-corrected chi connectivity index (χ2v) is 5.30. The van der Waals surface area contributed by atoms with E-state index >= 15 is 0 Å². The molecular formula is C16H11BrClF3N2. The van der Waals surface area contributed by atoms with Gasteiger partial charge in [0.1, 0.15) is 5.69 Å². The summed E-state index contributed by atoms with van der Waals surface area (Å²) in [7, 11) is 0. The minimum atomic E-state index is -4.44. The zero-order valence-corrected chi connectivity index (χ0v) is 14.0. The van der Waals surface area contributed by atoms with Crippen molar-refractivity contribution in [2.75, 3.05) is 0 Å². The van der Waals surface area contributed by atoms with Crippen LogP contribution in [0.3, 0.4) is 0 Å². The van der Waals surface area contributed by atoms with Gasteiger partial charge in [-0.25, -0.2) is 0 Å². The molecule has 2 nitrogen and oxygen atoms in total. The summed E-state index contributed by atoms with van der Waals surface area (Å²) in [5.41, 5.74) is -0.445. The Kier molecular flexibility index (Phi) is 5.26. The van der Waals surface area contributed by atoms with E-state index in [1.165, 1.54) is 0 Å². The van der Waals surface area contributed by atoms with Crippen LogP contribution in [0.2, 0.25) is 5.02 Å². The molecule has 3 aromatic rings. The van der Waals surface area contributed by atoms with E-state index in [2.05, 4.69) is 4.98 Å². The Bertz CT molecular complexity index is 837. The Hall–Kier alpha value is -1.66. The molecule has 7 heteroatoms. The Morgan fingerprint density at radius 3 is 2.43 bits per heavy atom. The molecule has 0 amide bonds. The van der Waals surface area contributed by atoms with E-state index in [0.717, 1.165) is 23.0 Å². The van der Waals surface area contributed by atoms with Gasteiger partial charge in [0.25, 0.3) is 0 Å². The molecule has 2 heterocycles. The van der Waals surface area contributed by atoms with Crippen LogP contribution in [0.1, 0.15) is 11.3 Å². The number of hydrogen-bond donors (Lipinski definition) is 0. The van der Waals surface area contributed by atoms with E-state index in [-0.39, 0.29) is 22.0 Å². The number of fused-ring (bicyclic) bond motifs is 1. The highest BCUT2D eigenvalue weighted by molar-refractivity contribution is 6.31. The van der Waals surface area contributed by atoms with Gasteiger partial charge in [-0.1, -0.05) is 29.8 Å². The molecule has 0 bridgehead atoms.